The highest BCUT2D eigenvalue weighted by atomic mass is 16.7. The third-order valence-corrected chi connectivity index (χ3v) is 4.12. The first-order valence-corrected chi connectivity index (χ1v) is 8.61. The molecule has 0 saturated heterocycles. The standard InChI is InChI=1S/C22H22NO4/c1-4-21(24)25-15-20-16(2)26-22(27-20)19-9-7-17(8-10-19)5-6-18-11-13-23(3)14-12-18/h4-14,22H,1,15H2,2-3H3/q+1. The number of nitrogens with zero attached hydrogens (tertiary/aromatic N) is 1. The van der Waals surface area contributed by atoms with Crippen molar-refractivity contribution in [2.45, 2.75) is 13.2 Å². The smallest absolute Gasteiger partial charge is 0.330 e. The van der Waals surface area contributed by atoms with E-state index in [4.69, 9.17) is 14.2 Å². The van der Waals surface area contributed by atoms with Gasteiger partial charge in [-0.2, -0.15) is 0 Å². The Balaban J connectivity index is 1.60. The van der Waals surface area contributed by atoms with Crippen molar-refractivity contribution in [2.75, 3.05) is 6.61 Å². The summed E-state index contributed by atoms with van der Waals surface area (Å²) in [5, 5.41) is 0. The first-order valence-electron chi connectivity index (χ1n) is 8.61. The Morgan fingerprint density at radius 3 is 2.37 bits per heavy atom. The van der Waals surface area contributed by atoms with Crippen molar-refractivity contribution in [3.63, 3.8) is 0 Å². The Kier molecular flexibility index (Phi) is 5.71. The fourth-order valence-electron chi connectivity index (χ4n) is 2.51. The highest BCUT2D eigenvalue weighted by Crippen LogP contribution is 2.33. The van der Waals surface area contributed by atoms with Crippen molar-refractivity contribution in [3.8, 4) is 0 Å². The van der Waals surface area contributed by atoms with Gasteiger partial charge in [0, 0.05) is 23.8 Å². The van der Waals surface area contributed by atoms with Crippen LogP contribution in [0.3, 0.4) is 0 Å². The van der Waals surface area contributed by atoms with Gasteiger partial charge in [0.05, 0.1) is 0 Å². The van der Waals surface area contributed by atoms with Crippen molar-refractivity contribution in [3.05, 3.63) is 89.7 Å². The minimum absolute atomic E-state index is 0.0306. The van der Waals surface area contributed by atoms with Crippen LogP contribution in [0, 0.1) is 0 Å². The molecule has 0 saturated carbocycles. The van der Waals surface area contributed by atoms with E-state index >= 15 is 0 Å². The molecule has 3 rings (SSSR count). The fraction of sp³-hybridized carbons (Fsp3) is 0.182. The largest absolute Gasteiger partial charge is 0.454 e. The van der Waals surface area contributed by atoms with Crippen LogP contribution in [0.15, 0.2) is 73.0 Å². The van der Waals surface area contributed by atoms with Gasteiger partial charge in [0.2, 0.25) is 0 Å². The summed E-state index contributed by atoms with van der Waals surface area (Å²) in [5.41, 5.74) is 3.11. The Morgan fingerprint density at radius 1 is 1.11 bits per heavy atom. The van der Waals surface area contributed by atoms with E-state index in [1.54, 1.807) is 6.92 Å². The van der Waals surface area contributed by atoms with Crippen LogP contribution in [0.2, 0.25) is 0 Å². The molecule has 27 heavy (non-hydrogen) atoms. The summed E-state index contributed by atoms with van der Waals surface area (Å²) in [6.45, 7) is 5.18. The van der Waals surface area contributed by atoms with Crippen molar-refractivity contribution in [2.24, 2.45) is 7.05 Å². The Labute approximate surface area is 158 Å². The summed E-state index contributed by atoms with van der Waals surface area (Å²) in [6, 6.07) is 12.0. The number of aromatic nitrogens is 1. The lowest BCUT2D eigenvalue weighted by Gasteiger charge is -2.12. The van der Waals surface area contributed by atoms with Crippen LogP contribution in [0.1, 0.15) is 29.9 Å². The number of pyridine rings is 1. The van der Waals surface area contributed by atoms with Crippen LogP contribution >= 0.6 is 0 Å². The van der Waals surface area contributed by atoms with Crippen LogP contribution in [0.25, 0.3) is 12.2 Å². The lowest BCUT2D eigenvalue weighted by Crippen LogP contribution is -2.25. The zero-order valence-electron chi connectivity index (χ0n) is 15.4. The van der Waals surface area contributed by atoms with E-state index in [2.05, 4.69) is 30.9 Å². The molecule has 2 aromatic rings. The van der Waals surface area contributed by atoms with Gasteiger partial charge in [-0.05, 0) is 18.1 Å². The second-order valence-corrected chi connectivity index (χ2v) is 6.16. The molecule has 2 heterocycles. The van der Waals surface area contributed by atoms with E-state index in [9.17, 15) is 4.79 Å². The van der Waals surface area contributed by atoms with Crippen LogP contribution in [-0.4, -0.2) is 12.6 Å². The van der Waals surface area contributed by atoms with Crippen molar-refractivity contribution < 1.29 is 23.6 Å². The van der Waals surface area contributed by atoms with Crippen LogP contribution in [0.5, 0.6) is 0 Å². The summed E-state index contributed by atoms with van der Waals surface area (Å²) >= 11 is 0. The average Bonchev–Trinajstić information content (AvgIpc) is 3.06. The lowest BCUT2D eigenvalue weighted by atomic mass is 10.1. The van der Waals surface area contributed by atoms with Gasteiger partial charge in [-0.3, -0.25) is 0 Å². The van der Waals surface area contributed by atoms with Gasteiger partial charge in [-0.1, -0.05) is 43.0 Å². The first-order chi connectivity index (χ1) is 13.0. The summed E-state index contributed by atoms with van der Waals surface area (Å²) < 4.78 is 18.5. The zero-order valence-corrected chi connectivity index (χ0v) is 15.4. The van der Waals surface area contributed by atoms with E-state index in [0.29, 0.717) is 11.5 Å². The number of esters is 1. The molecule has 0 radical (unpaired) electrons. The maximum atomic E-state index is 11.2. The number of carbonyl (C=O) groups is 1. The zero-order chi connectivity index (χ0) is 19.2. The third-order valence-electron chi connectivity index (χ3n) is 4.12. The highest BCUT2D eigenvalue weighted by molar-refractivity contribution is 5.81. The third kappa shape index (κ3) is 4.85. The van der Waals surface area contributed by atoms with Gasteiger partial charge in [0.15, 0.2) is 24.8 Å². The molecule has 1 aromatic carbocycles. The Morgan fingerprint density at radius 2 is 1.74 bits per heavy atom. The molecule has 0 amide bonds. The monoisotopic (exact) mass is 364 g/mol. The molecule has 5 nitrogen and oxygen atoms in total. The van der Waals surface area contributed by atoms with Gasteiger partial charge in [0.25, 0.3) is 6.29 Å². The predicted octanol–water partition coefficient (Wildman–Crippen LogP) is 3.69. The van der Waals surface area contributed by atoms with Crippen molar-refractivity contribution in [1.82, 2.24) is 0 Å². The minimum Gasteiger partial charge on any atom is -0.454 e. The van der Waals surface area contributed by atoms with Crippen molar-refractivity contribution in [1.29, 1.82) is 0 Å². The Hall–Kier alpha value is -3.34. The summed E-state index contributed by atoms with van der Waals surface area (Å²) in [6.07, 6.45) is 8.72. The number of benzene rings is 1. The maximum absolute atomic E-state index is 11.2. The van der Waals surface area contributed by atoms with Crippen molar-refractivity contribution >= 4 is 18.1 Å². The highest BCUT2D eigenvalue weighted by Gasteiger charge is 2.26. The van der Waals surface area contributed by atoms with Gasteiger partial charge in [-0.15, -0.1) is 0 Å². The lowest BCUT2D eigenvalue weighted by molar-refractivity contribution is -0.671. The topological polar surface area (TPSA) is 48.6 Å². The van der Waals surface area contributed by atoms with Gasteiger partial charge in [-0.25, -0.2) is 9.36 Å². The molecule has 0 fully saturated rings. The molecular formula is C22H22NO4+. The van der Waals surface area contributed by atoms with Crippen LogP contribution < -0.4 is 4.57 Å². The van der Waals surface area contributed by atoms with E-state index in [1.807, 2.05) is 48.3 Å². The number of allylic oxidation sites excluding steroid dienone is 1. The maximum Gasteiger partial charge on any atom is 0.330 e. The Bertz CT molecular complexity index is 880. The summed E-state index contributed by atoms with van der Waals surface area (Å²) in [5.74, 6) is 0.625. The van der Waals surface area contributed by atoms with E-state index in [-0.39, 0.29) is 6.61 Å². The number of rotatable bonds is 6. The second-order valence-electron chi connectivity index (χ2n) is 6.16. The van der Waals surface area contributed by atoms with E-state index in [1.165, 1.54) is 0 Å². The van der Waals surface area contributed by atoms with Gasteiger partial charge in [0.1, 0.15) is 12.8 Å². The van der Waals surface area contributed by atoms with E-state index < -0.39 is 12.3 Å². The molecule has 1 aromatic heterocycles. The SMILES string of the molecule is C=CC(=O)OCC1=C(C)OC(c2ccc(C=Cc3cc[n+](C)cc3)cc2)O1. The summed E-state index contributed by atoms with van der Waals surface area (Å²) in [4.78, 5) is 11.2. The van der Waals surface area contributed by atoms with E-state index in [0.717, 1.165) is 22.8 Å². The molecule has 0 bridgehead atoms. The molecule has 1 aliphatic rings. The molecule has 1 unspecified atom stereocenters. The molecule has 1 atom stereocenters. The normalized spacial score (nSPS) is 16.1. The minimum atomic E-state index is -0.533. The van der Waals surface area contributed by atoms with Gasteiger partial charge < -0.3 is 14.2 Å². The molecule has 138 valence electrons. The number of hydrogen-bond acceptors (Lipinski definition) is 4. The van der Waals surface area contributed by atoms with Crippen LogP contribution in [0.4, 0.5) is 0 Å². The molecule has 0 N–H and O–H groups in total. The molecule has 0 aliphatic carbocycles. The van der Waals surface area contributed by atoms with Crippen LogP contribution in [-0.2, 0) is 26.1 Å². The number of ether oxygens (including phenoxy) is 3. The number of carbonyl (C=O) groups excluding carboxylic acids is 1. The number of hydrogen-bond donors (Lipinski definition) is 0. The van der Waals surface area contributed by atoms with Gasteiger partial charge >= 0.3 is 5.97 Å². The molecule has 1 aliphatic heterocycles. The molecular weight excluding hydrogens is 342 g/mol. The quantitative estimate of drug-likeness (QED) is 0.446. The molecule has 5 heteroatoms. The average molecular weight is 364 g/mol. The second kappa shape index (κ2) is 8.36. The summed E-state index contributed by atoms with van der Waals surface area (Å²) in [7, 11) is 1.99. The molecule has 0 spiro atoms. The fourth-order valence-corrected chi connectivity index (χ4v) is 2.51. The number of aryl methyl sites for hydroxylation is 1. The first kappa shape index (κ1) is 18.5. The predicted molar refractivity (Wildman–Crippen MR) is 102 cm³/mol.